The first-order chi connectivity index (χ1) is 15.0. The third-order valence-electron chi connectivity index (χ3n) is 8.59. The van der Waals surface area contributed by atoms with E-state index in [1.165, 1.54) is 13.2 Å². The highest BCUT2D eigenvalue weighted by atomic mass is 16.5. The third-order valence-corrected chi connectivity index (χ3v) is 8.59. The molecule has 3 aliphatic carbocycles. The van der Waals surface area contributed by atoms with Crippen LogP contribution in [-0.2, 0) is 23.9 Å². The van der Waals surface area contributed by atoms with Gasteiger partial charge in [-0.15, -0.1) is 0 Å². The maximum atomic E-state index is 13.6. The Morgan fingerprint density at radius 2 is 1.94 bits per heavy atom. The van der Waals surface area contributed by atoms with Crippen molar-refractivity contribution in [3.05, 3.63) is 11.6 Å². The van der Waals surface area contributed by atoms with Crippen molar-refractivity contribution < 1.29 is 34.1 Å². The van der Waals surface area contributed by atoms with Crippen LogP contribution in [0, 0.1) is 34.5 Å². The number of ether oxygens (including phenoxy) is 2. The van der Waals surface area contributed by atoms with E-state index in [9.17, 15) is 24.6 Å². The zero-order chi connectivity index (χ0) is 23.8. The smallest absolute Gasteiger partial charge is 0.330 e. The second-order valence-corrected chi connectivity index (χ2v) is 10.1. The first-order valence-corrected chi connectivity index (χ1v) is 11.5. The van der Waals surface area contributed by atoms with E-state index in [1.807, 2.05) is 13.8 Å². The van der Waals surface area contributed by atoms with Gasteiger partial charge in [-0.3, -0.25) is 9.59 Å². The van der Waals surface area contributed by atoms with Crippen LogP contribution < -0.4 is 5.32 Å². The summed E-state index contributed by atoms with van der Waals surface area (Å²) in [4.78, 5) is 38.6. The van der Waals surface area contributed by atoms with Crippen molar-refractivity contribution >= 4 is 17.7 Å². The summed E-state index contributed by atoms with van der Waals surface area (Å²) in [5.41, 5.74) is -1.08. The van der Waals surface area contributed by atoms with Gasteiger partial charge in [0.2, 0.25) is 0 Å². The lowest BCUT2D eigenvalue weighted by Gasteiger charge is -2.62. The molecule has 8 unspecified atom stereocenters. The molecule has 180 valence electrons. The van der Waals surface area contributed by atoms with Crippen molar-refractivity contribution in [2.45, 2.75) is 58.7 Å². The Labute approximate surface area is 189 Å². The maximum Gasteiger partial charge on any atom is 0.330 e. The highest BCUT2D eigenvalue weighted by Gasteiger charge is 2.68. The van der Waals surface area contributed by atoms with E-state index in [-0.39, 0.29) is 24.4 Å². The number of rotatable bonds is 5. The van der Waals surface area contributed by atoms with E-state index in [4.69, 9.17) is 9.47 Å². The normalized spacial score (nSPS) is 42.7. The minimum Gasteiger partial charge on any atom is -0.469 e. The number of carbonyl (C=O) groups is 3. The van der Waals surface area contributed by atoms with Crippen LogP contribution in [0.4, 0.5) is 0 Å². The van der Waals surface area contributed by atoms with Gasteiger partial charge in [0.15, 0.2) is 5.78 Å². The SMILES string of the molecule is CNCCOC(=O)C=C1CCC2C(C1C)C(O)C(=O)C1C2(C)CCC(O)C1(C)C(=O)OC. The van der Waals surface area contributed by atoms with Gasteiger partial charge in [0.25, 0.3) is 0 Å². The summed E-state index contributed by atoms with van der Waals surface area (Å²) in [6, 6.07) is 0. The standard InChI is InChI=1S/C24H37NO7/c1-13-14(12-17(27)32-11-10-25-4)6-7-15-18(13)19(28)20(29)21-23(15,2)9-8-16(26)24(21,3)22(30)31-5/h12-13,15-16,18-19,21,25-26,28H,6-11H2,1-5H3. The predicted octanol–water partition coefficient (Wildman–Crippen LogP) is 1.24. The third kappa shape index (κ3) is 3.80. The number of esters is 2. The van der Waals surface area contributed by atoms with Crippen LogP contribution >= 0.6 is 0 Å². The molecule has 3 fully saturated rings. The van der Waals surface area contributed by atoms with Crippen molar-refractivity contribution in [2.24, 2.45) is 34.5 Å². The number of ketones is 1. The minimum atomic E-state index is -1.40. The van der Waals surface area contributed by atoms with E-state index in [2.05, 4.69) is 5.32 Å². The molecule has 0 aromatic heterocycles. The minimum absolute atomic E-state index is 0.0239. The summed E-state index contributed by atoms with van der Waals surface area (Å²) in [6.07, 6.45) is 1.55. The predicted molar refractivity (Wildman–Crippen MR) is 116 cm³/mol. The van der Waals surface area contributed by atoms with E-state index < -0.39 is 46.7 Å². The van der Waals surface area contributed by atoms with Gasteiger partial charge in [-0.05, 0) is 56.9 Å². The van der Waals surface area contributed by atoms with Gasteiger partial charge in [0.05, 0.1) is 13.2 Å². The van der Waals surface area contributed by atoms with E-state index in [0.717, 1.165) is 5.57 Å². The number of aliphatic hydroxyl groups is 2. The Morgan fingerprint density at radius 3 is 2.56 bits per heavy atom. The highest BCUT2D eigenvalue weighted by molar-refractivity contribution is 5.94. The van der Waals surface area contributed by atoms with Crippen molar-refractivity contribution in [3.8, 4) is 0 Å². The first kappa shape index (κ1) is 24.9. The van der Waals surface area contributed by atoms with Gasteiger partial charge in [0.1, 0.15) is 18.1 Å². The second-order valence-electron chi connectivity index (χ2n) is 10.1. The van der Waals surface area contributed by atoms with Crippen molar-refractivity contribution in [2.75, 3.05) is 27.3 Å². The molecule has 32 heavy (non-hydrogen) atoms. The molecular formula is C24H37NO7. The molecule has 3 saturated carbocycles. The van der Waals surface area contributed by atoms with Crippen LogP contribution in [0.5, 0.6) is 0 Å². The summed E-state index contributed by atoms with van der Waals surface area (Å²) in [6.45, 7) is 6.39. The molecule has 3 N–H and O–H groups in total. The number of carbonyl (C=O) groups excluding carboxylic acids is 3. The first-order valence-electron chi connectivity index (χ1n) is 11.5. The molecule has 0 aromatic rings. The van der Waals surface area contributed by atoms with Crippen LogP contribution in [0.2, 0.25) is 0 Å². The number of likely N-dealkylation sites (N-methyl/N-ethyl adjacent to an activating group) is 1. The van der Waals surface area contributed by atoms with Gasteiger partial charge in [0, 0.05) is 24.5 Å². The summed E-state index contributed by atoms with van der Waals surface area (Å²) in [7, 11) is 3.04. The molecule has 8 atom stereocenters. The molecule has 0 saturated heterocycles. The lowest BCUT2D eigenvalue weighted by molar-refractivity contribution is -0.209. The van der Waals surface area contributed by atoms with E-state index in [1.54, 1.807) is 14.0 Å². The van der Waals surface area contributed by atoms with Gasteiger partial charge in [-0.25, -0.2) is 4.79 Å². The summed E-state index contributed by atoms with van der Waals surface area (Å²) in [5, 5.41) is 24.8. The number of methoxy groups -OCH3 is 1. The van der Waals surface area contributed by atoms with Crippen LogP contribution in [0.15, 0.2) is 11.6 Å². The fourth-order valence-corrected chi connectivity index (χ4v) is 6.87. The number of allylic oxidation sites excluding steroid dienone is 1. The second kappa shape index (κ2) is 9.23. The lowest BCUT2D eigenvalue weighted by atomic mass is 9.41. The van der Waals surface area contributed by atoms with E-state index >= 15 is 0 Å². The highest BCUT2D eigenvalue weighted by Crippen LogP contribution is 2.64. The number of fused-ring (bicyclic) bond motifs is 3. The Kier molecular flexibility index (Phi) is 7.17. The fourth-order valence-electron chi connectivity index (χ4n) is 6.87. The molecule has 0 amide bonds. The van der Waals surface area contributed by atoms with Crippen LogP contribution in [0.25, 0.3) is 0 Å². The zero-order valence-electron chi connectivity index (χ0n) is 19.7. The fraction of sp³-hybridized carbons (Fsp3) is 0.792. The Morgan fingerprint density at radius 1 is 1.25 bits per heavy atom. The molecule has 8 heteroatoms. The molecule has 8 nitrogen and oxygen atoms in total. The largest absolute Gasteiger partial charge is 0.469 e. The number of hydrogen-bond donors (Lipinski definition) is 3. The van der Waals surface area contributed by atoms with Crippen molar-refractivity contribution in [1.82, 2.24) is 5.32 Å². The topological polar surface area (TPSA) is 122 Å². The Balaban J connectivity index is 1.93. The number of Topliss-reactive ketones (excluding diaryl/α,β-unsaturated/α-hetero) is 1. The molecule has 0 aliphatic heterocycles. The molecule has 0 spiro atoms. The number of hydrogen-bond acceptors (Lipinski definition) is 8. The van der Waals surface area contributed by atoms with Crippen LogP contribution in [-0.4, -0.2) is 67.5 Å². The van der Waals surface area contributed by atoms with Gasteiger partial charge >= 0.3 is 11.9 Å². The van der Waals surface area contributed by atoms with E-state index in [0.29, 0.717) is 32.2 Å². The molecule has 0 heterocycles. The van der Waals surface area contributed by atoms with Crippen molar-refractivity contribution in [3.63, 3.8) is 0 Å². The quantitative estimate of drug-likeness (QED) is 0.324. The van der Waals surface area contributed by atoms with Gasteiger partial charge in [-0.1, -0.05) is 19.4 Å². The zero-order valence-corrected chi connectivity index (χ0v) is 19.7. The van der Waals surface area contributed by atoms with Gasteiger partial charge in [-0.2, -0.15) is 0 Å². The number of nitrogens with one attached hydrogen (secondary N) is 1. The average molecular weight is 452 g/mol. The average Bonchev–Trinajstić information content (AvgIpc) is 2.76. The number of aliphatic hydroxyl groups excluding tert-OH is 2. The lowest BCUT2D eigenvalue weighted by Crippen LogP contribution is -2.68. The summed E-state index contributed by atoms with van der Waals surface area (Å²) < 4.78 is 10.2. The summed E-state index contributed by atoms with van der Waals surface area (Å²) >= 11 is 0. The maximum absolute atomic E-state index is 13.6. The summed E-state index contributed by atoms with van der Waals surface area (Å²) in [5.74, 6) is -2.83. The molecular weight excluding hydrogens is 414 g/mol. The van der Waals surface area contributed by atoms with Crippen molar-refractivity contribution in [1.29, 1.82) is 0 Å². The van der Waals surface area contributed by atoms with Gasteiger partial charge < -0.3 is 25.0 Å². The Hall–Kier alpha value is -1.77. The monoisotopic (exact) mass is 451 g/mol. The van der Waals surface area contributed by atoms with Crippen LogP contribution in [0.3, 0.4) is 0 Å². The molecule has 3 rings (SSSR count). The molecule has 0 radical (unpaired) electrons. The molecule has 0 aromatic carbocycles. The van der Waals surface area contributed by atoms with Crippen LogP contribution in [0.1, 0.15) is 46.5 Å². The molecule has 3 aliphatic rings. The Bertz CT molecular complexity index is 795. The molecule has 0 bridgehead atoms.